The Kier molecular flexibility index (Phi) is 3.73. The molecular weight excluding hydrogens is 264 g/mol. The topological polar surface area (TPSA) is 51.0 Å². The average Bonchev–Trinajstić information content (AvgIpc) is 2.94. The zero-order valence-electron chi connectivity index (χ0n) is 12.5. The summed E-state index contributed by atoms with van der Waals surface area (Å²) in [4.78, 5) is 18.4. The number of aromatic nitrogens is 3. The van der Waals surface area contributed by atoms with Gasteiger partial charge in [0.15, 0.2) is 0 Å². The summed E-state index contributed by atoms with van der Waals surface area (Å²) in [6.45, 7) is 3.23. The molecule has 1 saturated heterocycles. The van der Waals surface area contributed by atoms with Crippen molar-refractivity contribution < 1.29 is 4.79 Å². The van der Waals surface area contributed by atoms with Gasteiger partial charge in [-0.2, -0.15) is 5.10 Å². The molecule has 0 unspecified atom stereocenters. The Bertz CT molecular complexity index is 635. The van der Waals surface area contributed by atoms with Crippen LogP contribution in [0.1, 0.15) is 23.6 Å². The molecule has 0 aliphatic carbocycles. The summed E-state index contributed by atoms with van der Waals surface area (Å²) in [5.41, 5.74) is 1.30. The number of aryl methyl sites for hydroxylation is 2. The van der Waals surface area contributed by atoms with E-state index in [4.69, 9.17) is 0 Å². The van der Waals surface area contributed by atoms with Crippen LogP contribution in [0.4, 0.5) is 0 Å². The largest absolute Gasteiger partial charge is 0.335 e. The number of benzene rings is 1. The van der Waals surface area contributed by atoms with Crippen molar-refractivity contribution in [2.24, 2.45) is 13.0 Å². The van der Waals surface area contributed by atoms with Crippen molar-refractivity contribution in [1.82, 2.24) is 19.7 Å². The molecule has 1 aromatic carbocycles. The van der Waals surface area contributed by atoms with Crippen molar-refractivity contribution in [1.29, 1.82) is 0 Å². The number of amides is 1. The summed E-state index contributed by atoms with van der Waals surface area (Å²) in [5, 5.41) is 4.23. The Morgan fingerprint density at radius 3 is 2.71 bits per heavy atom. The fourth-order valence-corrected chi connectivity index (χ4v) is 2.96. The second-order valence-electron chi connectivity index (χ2n) is 5.73. The smallest absolute Gasteiger partial charge is 0.223 e. The lowest BCUT2D eigenvalue weighted by atomic mass is 9.99. The van der Waals surface area contributed by atoms with Gasteiger partial charge in [0.2, 0.25) is 5.91 Å². The summed E-state index contributed by atoms with van der Waals surface area (Å²) in [7, 11) is 1.87. The van der Waals surface area contributed by atoms with Crippen LogP contribution in [0.3, 0.4) is 0 Å². The number of rotatable bonds is 4. The molecule has 1 amide bonds. The fourth-order valence-electron chi connectivity index (χ4n) is 2.96. The number of hydrogen-bond donors (Lipinski definition) is 0. The van der Waals surface area contributed by atoms with Crippen molar-refractivity contribution in [3.05, 3.63) is 47.5 Å². The van der Waals surface area contributed by atoms with Gasteiger partial charge in [-0.1, -0.05) is 30.3 Å². The Hall–Kier alpha value is -2.17. The molecule has 2 aromatic rings. The molecule has 2 heterocycles. The van der Waals surface area contributed by atoms with Crippen LogP contribution in [0.25, 0.3) is 0 Å². The van der Waals surface area contributed by atoms with Crippen LogP contribution >= 0.6 is 0 Å². The van der Waals surface area contributed by atoms with Gasteiger partial charge in [-0.25, -0.2) is 4.98 Å². The molecule has 1 atom stereocenters. The predicted octanol–water partition coefficient (Wildman–Crippen LogP) is 1.71. The van der Waals surface area contributed by atoms with E-state index in [9.17, 15) is 4.79 Å². The van der Waals surface area contributed by atoms with E-state index in [0.29, 0.717) is 18.9 Å². The lowest BCUT2D eigenvalue weighted by Gasteiger charge is -2.15. The standard InChI is InChI=1S/C16H20N4O/c1-12-17-15(19(2)18-12)11-20-10-14(9-16(20)21)8-13-6-4-3-5-7-13/h3-7,14H,8-11H2,1-2H3/t14-/m1/s1. The minimum absolute atomic E-state index is 0.219. The van der Waals surface area contributed by atoms with E-state index in [2.05, 4.69) is 22.2 Å². The molecular formula is C16H20N4O. The normalized spacial score (nSPS) is 18.5. The molecule has 3 rings (SSSR count). The maximum atomic E-state index is 12.2. The minimum atomic E-state index is 0.219. The summed E-state index contributed by atoms with van der Waals surface area (Å²) in [5.74, 6) is 2.21. The second kappa shape index (κ2) is 5.68. The maximum absolute atomic E-state index is 12.2. The zero-order valence-corrected chi connectivity index (χ0v) is 12.5. The summed E-state index contributed by atoms with van der Waals surface area (Å²) >= 11 is 0. The first-order valence-corrected chi connectivity index (χ1v) is 7.30. The Morgan fingerprint density at radius 1 is 1.29 bits per heavy atom. The summed E-state index contributed by atoms with van der Waals surface area (Å²) in [6, 6.07) is 10.4. The fraction of sp³-hybridized carbons (Fsp3) is 0.438. The maximum Gasteiger partial charge on any atom is 0.223 e. The van der Waals surface area contributed by atoms with Gasteiger partial charge in [-0.3, -0.25) is 9.48 Å². The molecule has 0 spiro atoms. The number of nitrogens with zero attached hydrogens (tertiary/aromatic N) is 4. The van der Waals surface area contributed by atoms with Crippen LogP contribution in [0.5, 0.6) is 0 Å². The number of likely N-dealkylation sites (tertiary alicyclic amines) is 1. The van der Waals surface area contributed by atoms with Gasteiger partial charge in [0.25, 0.3) is 0 Å². The van der Waals surface area contributed by atoms with E-state index in [0.717, 1.165) is 24.6 Å². The van der Waals surface area contributed by atoms with Crippen molar-refractivity contribution in [2.75, 3.05) is 6.54 Å². The van der Waals surface area contributed by atoms with E-state index in [-0.39, 0.29) is 5.91 Å². The van der Waals surface area contributed by atoms with E-state index >= 15 is 0 Å². The van der Waals surface area contributed by atoms with Gasteiger partial charge in [0.1, 0.15) is 11.6 Å². The summed E-state index contributed by atoms with van der Waals surface area (Å²) < 4.78 is 1.76. The van der Waals surface area contributed by atoms with Gasteiger partial charge >= 0.3 is 0 Å². The highest BCUT2D eigenvalue weighted by Crippen LogP contribution is 2.23. The van der Waals surface area contributed by atoms with Crippen LogP contribution in [0.2, 0.25) is 0 Å². The highest BCUT2D eigenvalue weighted by Gasteiger charge is 2.30. The molecule has 5 heteroatoms. The van der Waals surface area contributed by atoms with Crippen molar-refractivity contribution >= 4 is 5.91 Å². The third-order valence-corrected chi connectivity index (χ3v) is 3.95. The third kappa shape index (κ3) is 3.12. The van der Waals surface area contributed by atoms with Crippen LogP contribution in [0.15, 0.2) is 30.3 Å². The highest BCUT2D eigenvalue weighted by atomic mass is 16.2. The molecule has 1 aliphatic heterocycles. The molecule has 1 fully saturated rings. The van der Waals surface area contributed by atoms with Crippen molar-refractivity contribution in [2.45, 2.75) is 26.3 Å². The van der Waals surface area contributed by atoms with Gasteiger partial charge in [-0.15, -0.1) is 0 Å². The van der Waals surface area contributed by atoms with Gasteiger partial charge in [-0.05, 0) is 24.8 Å². The molecule has 110 valence electrons. The van der Waals surface area contributed by atoms with Crippen LogP contribution in [-0.2, 0) is 24.8 Å². The average molecular weight is 284 g/mol. The molecule has 1 aliphatic rings. The third-order valence-electron chi connectivity index (χ3n) is 3.95. The lowest BCUT2D eigenvalue weighted by Crippen LogP contribution is -2.26. The minimum Gasteiger partial charge on any atom is -0.335 e. The molecule has 0 bridgehead atoms. The first-order valence-electron chi connectivity index (χ1n) is 7.30. The van der Waals surface area contributed by atoms with E-state index in [1.165, 1.54) is 5.56 Å². The number of carbonyl (C=O) groups excluding carboxylic acids is 1. The van der Waals surface area contributed by atoms with Crippen molar-refractivity contribution in [3.8, 4) is 0 Å². The van der Waals surface area contributed by atoms with Crippen molar-refractivity contribution in [3.63, 3.8) is 0 Å². The Morgan fingerprint density at radius 2 is 2.05 bits per heavy atom. The predicted molar refractivity (Wildman–Crippen MR) is 79.4 cm³/mol. The molecule has 1 aromatic heterocycles. The van der Waals surface area contributed by atoms with E-state index in [1.807, 2.05) is 37.1 Å². The molecule has 0 saturated carbocycles. The first-order chi connectivity index (χ1) is 10.1. The molecule has 0 radical (unpaired) electrons. The highest BCUT2D eigenvalue weighted by molar-refractivity contribution is 5.78. The quantitative estimate of drug-likeness (QED) is 0.859. The molecule has 0 N–H and O–H groups in total. The number of carbonyl (C=O) groups is 1. The van der Waals surface area contributed by atoms with Crippen LogP contribution < -0.4 is 0 Å². The summed E-state index contributed by atoms with van der Waals surface area (Å²) in [6.07, 6.45) is 1.59. The van der Waals surface area contributed by atoms with Crippen LogP contribution in [0, 0.1) is 12.8 Å². The lowest BCUT2D eigenvalue weighted by molar-refractivity contribution is -0.128. The second-order valence-corrected chi connectivity index (χ2v) is 5.73. The number of hydrogen-bond acceptors (Lipinski definition) is 3. The Labute approximate surface area is 124 Å². The van der Waals surface area contributed by atoms with Gasteiger partial charge < -0.3 is 4.90 Å². The SMILES string of the molecule is Cc1nc(CN2C[C@H](Cc3ccccc3)CC2=O)n(C)n1. The molecule has 5 nitrogen and oxygen atoms in total. The van der Waals surface area contributed by atoms with Gasteiger partial charge in [0.05, 0.1) is 6.54 Å². The monoisotopic (exact) mass is 284 g/mol. The zero-order chi connectivity index (χ0) is 14.8. The first kappa shape index (κ1) is 13.8. The van der Waals surface area contributed by atoms with E-state index < -0.39 is 0 Å². The Balaban J connectivity index is 1.63. The van der Waals surface area contributed by atoms with Gasteiger partial charge in [0, 0.05) is 20.0 Å². The van der Waals surface area contributed by atoms with Crippen LogP contribution in [-0.4, -0.2) is 32.1 Å². The van der Waals surface area contributed by atoms with E-state index in [1.54, 1.807) is 4.68 Å². The molecule has 21 heavy (non-hydrogen) atoms.